The van der Waals surface area contributed by atoms with Crippen molar-refractivity contribution in [3.05, 3.63) is 72.1 Å². The van der Waals surface area contributed by atoms with Crippen LogP contribution in [0.1, 0.15) is 54.1 Å². The second-order valence-electron chi connectivity index (χ2n) is 8.86. The minimum absolute atomic E-state index is 0.0621. The molecule has 0 bridgehead atoms. The summed E-state index contributed by atoms with van der Waals surface area (Å²) in [6, 6.07) is 9.74. The minimum Gasteiger partial charge on any atom is -0.341 e. The average Bonchev–Trinajstić information content (AvgIpc) is 2.89. The van der Waals surface area contributed by atoms with E-state index in [4.69, 9.17) is 9.97 Å². The van der Waals surface area contributed by atoms with E-state index in [9.17, 15) is 9.18 Å². The van der Waals surface area contributed by atoms with Gasteiger partial charge in [0.15, 0.2) is 0 Å². The number of likely N-dealkylation sites (tertiary alicyclic amines) is 1. The maximum atomic E-state index is 13.3. The summed E-state index contributed by atoms with van der Waals surface area (Å²) in [5, 5.41) is 0. The van der Waals surface area contributed by atoms with E-state index in [1.54, 1.807) is 18.3 Å². The first-order valence-electron chi connectivity index (χ1n) is 11.8. The summed E-state index contributed by atoms with van der Waals surface area (Å²) in [6.07, 6.45) is 10.9. The molecular weight excluding hydrogens is 417 g/mol. The Bertz CT molecular complexity index is 1100. The third-order valence-corrected chi connectivity index (χ3v) is 6.60. The predicted octanol–water partition coefficient (Wildman–Crippen LogP) is 4.69. The Morgan fingerprint density at radius 2 is 1.79 bits per heavy atom. The van der Waals surface area contributed by atoms with E-state index in [2.05, 4.69) is 9.88 Å². The van der Waals surface area contributed by atoms with E-state index < -0.39 is 0 Å². The van der Waals surface area contributed by atoms with Crippen molar-refractivity contribution in [3.8, 4) is 11.1 Å². The van der Waals surface area contributed by atoms with Crippen LogP contribution in [0.25, 0.3) is 11.1 Å². The Hall–Kier alpha value is -3.35. The quantitative estimate of drug-likeness (QED) is 0.583. The van der Waals surface area contributed by atoms with Gasteiger partial charge in [0, 0.05) is 67.4 Å². The lowest BCUT2D eigenvalue weighted by atomic mass is 9.90. The molecule has 5 rings (SSSR count). The smallest absolute Gasteiger partial charge is 0.253 e. The van der Waals surface area contributed by atoms with Crippen molar-refractivity contribution in [2.75, 3.05) is 31.1 Å². The zero-order chi connectivity index (χ0) is 22.6. The predicted molar refractivity (Wildman–Crippen MR) is 126 cm³/mol. The number of carbonyl (C=O) groups excluding carboxylic acids is 1. The van der Waals surface area contributed by atoms with Gasteiger partial charge in [-0.15, -0.1) is 0 Å². The molecule has 4 heterocycles. The molecule has 0 saturated carbocycles. The van der Waals surface area contributed by atoms with Crippen LogP contribution in [0.5, 0.6) is 0 Å². The first-order valence-corrected chi connectivity index (χ1v) is 11.8. The first kappa shape index (κ1) is 21.5. The van der Waals surface area contributed by atoms with Gasteiger partial charge in [-0.1, -0.05) is 6.07 Å². The van der Waals surface area contributed by atoms with E-state index in [0.717, 1.165) is 61.5 Å². The Labute approximate surface area is 193 Å². The van der Waals surface area contributed by atoms with Crippen molar-refractivity contribution in [1.29, 1.82) is 0 Å². The summed E-state index contributed by atoms with van der Waals surface area (Å²) in [6.45, 7) is 3.23. The van der Waals surface area contributed by atoms with Gasteiger partial charge in [-0.3, -0.25) is 9.78 Å². The summed E-state index contributed by atoms with van der Waals surface area (Å²) >= 11 is 0. The molecule has 0 aliphatic carbocycles. The van der Waals surface area contributed by atoms with Gasteiger partial charge in [0.2, 0.25) is 5.95 Å². The average molecular weight is 446 g/mol. The van der Waals surface area contributed by atoms with Crippen molar-refractivity contribution in [2.24, 2.45) is 0 Å². The van der Waals surface area contributed by atoms with E-state index >= 15 is 0 Å². The van der Waals surface area contributed by atoms with Crippen LogP contribution in [-0.2, 0) is 0 Å². The number of hydrogen-bond donors (Lipinski definition) is 0. The number of pyridine rings is 1. The van der Waals surface area contributed by atoms with Crippen LogP contribution >= 0.6 is 0 Å². The molecule has 3 aromatic rings. The number of piperidine rings is 2. The van der Waals surface area contributed by atoms with Crippen LogP contribution in [0.3, 0.4) is 0 Å². The molecule has 0 spiro atoms. The van der Waals surface area contributed by atoms with Gasteiger partial charge in [0.05, 0.1) is 5.69 Å². The normalized spacial score (nSPS) is 18.9. The summed E-state index contributed by atoms with van der Waals surface area (Å²) in [5.41, 5.74) is 3.46. The van der Waals surface area contributed by atoms with Crippen LogP contribution in [0.2, 0.25) is 0 Å². The summed E-state index contributed by atoms with van der Waals surface area (Å²) in [5.74, 6) is 0.479. The molecule has 1 aromatic carbocycles. The fraction of sp³-hybridized carbons (Fsp3) is 0.385. The molecule has 2 aliphatic rings. The third kappa shape index (κ3) is 4.72. The summed E-state index contributed by atoms with van der Waals surface area (Å²) in [4.78, 5) is 31.3. The second-order valence-corrected chi connectivity index (χ2v) is 8.86. The molecule has 0 N–H and O–H groups in total. The van der Waals surface area contributed by atoms with Crippen LogP contribution in [0.15, 0.2) is 55.0 Å². The van der Waals surface area contributed by atoms with Gasteiger partial charge >= 0.3 is 0 Å². The fourth-order valence-electron chi connectivity index (χ4n) is 4.85. The lowest BCUT2D eigenvalue weighted by Crippen LogP contribution is -2.39. The van der Waals surface area contributed by atoms with Gasteiger partial charge in [0.1, 0.15) is 5.82 Å². The fourth-order valence-corrected chi connectivity index (χ4v) is 4.85. The molecule has 1 atom stereocenters. The Kier molecular flexibility index (Phi) is 6.28. The molecule has 2 fully saturated rings. The number of benzene rings is 1. The lowest BCUT2D eigenvalue weighted by Gasteiger charge is -2.34. The number of rotatable bonds is 4. The number of aromatic nitrogens is 3. The van der Waals surface area contributed by atoms with Gasteiger partial charge in [-0.25, -0.2) is 14.4 Å². The highest BCUT2D eigenvalue weighted by Crippen LogP contribution is 2.34. The number of carbonyl (C=O) groups is 1. The molecule has 170 valence electrons. The zero-order valence-corrected chi connectivity index (χ0v) is 18.7. The molecular formula is C26H28FN5O. The minimum atomic E-state index is -0.338. The second kappa shape index (κ2) is 9.65. The van der Waals surface area contributed by atoms with Crippen molar-refractivity contribution >= 4 is 11.9 Å². The number of anilines is 1. The first-order chi connectivity index (χ1) is 16.2. The van der Waals surface area contributed by atoms with Crippen molar-refractivity contribution < 1.29 is 9.18 Å². The summed E-state index contributed by atoms with van der Waals surface area (Å²) in [7, 11) is 0. The van der Waals surface area contributed by atoms with Crippen LogP contribution in [0, 0.1) is 5.82 Å². The number of nitrogens with zero attached hydrogens (tertiary/aromatic N) is 5. The topological polar surface area (TPSA) is 62.2 Å². The highest BCUT2D eigenvalue weighted by molar-refractivity contribution is 5.94. The van der Waals surface area contributed by atoms with E-state index in [1.165, 1.54) is 18.6 Å². The largest absolute Gasteiger partial charge is 0.341 e. The molecule has 2 aliphatic heterocycles. The number of amides is 1. The molecule has 33 heavy (non-hydrogen) atoms. The maximum Gasteiger partial charge on any atom is 0.253 e. The highest BCUT2D eigenvalue weighted by Gasteiger charge is 2.29. The van der Waals surface area contributed by atoms with E-state index in [0.29, 0.717) is 18.7 Å². The molecule has 1 unspecified atom stereocenters. The lowest BCUT2D eigenvalue weighted by molar-refractivity contribution is 0.0706. The standard InChI is InChI=1S/C26H28FN5O/c27-22-10-8-19(9-11-22)25(33)32-15-5-7-21(18-32)24-23(20-6-4-12-28-16-20)17-29-26(30-24)31-13-2-1-3-14-31/h4,6,8-12,16-17,21H,1-3,5,7,13-15,18H2. The van der Waals surface area contributed by atoms with Crippen molar-refractivity contribution in [2.45, 2.75) is 38.0 Å². The molecule has 2 saturated heterocycles. The van der Waals surface area contributed by atoms with Gasteiger partial charge < -0.3 is 9.80 Å². The van der Waals surface area contributed by atoms with E-state index in [1.807, 2.05) is 29.4 Å². The third-order valence-electron chi connectivity index (χ3n) is 6.60. The van der Waals surface area contributed by atoms with Gasteiger partial charge in [-0.2, -0.15) is 0 Å². The number of hydrogen-bond acceptors (Lipinski definition) is 5. The maximum absolute atomic E-state index is 13.3. The molecule has 6 nitrogen and oxygen atoms in total. The van der Waals surface area contributed by atoms with Crippen LogP contribution in [0.4, 0.5) is 10.3 Å². The van der Waals surface area contributed by atoms with Gasteiger partial charge in [-0.05, 0) is 62.4 Å². The van der Waals surface area contributed by atoms with Crippen LogP contribution in [-0.4, -0.2) is 51.9 Å². The molecule has 2 aromatic heterocycles. The molecule has 1 amide bonds. The van der Waals surface area contributed by atoms with E-state index in [-0.39, 0.29) is 17.6 Å². The Morgan fingerprint density at radius 3 is 2.55 bits per heavy atom. The van der Waals surface area contributed by atoms with Crippen molar-refractivity contribution in [1.82, 2.24) is 19.9 Å². The summed E-state index contributed by atoms with van der Waals surface area (Å²) < 4.78 is 13.3. The zero-order valence-electron chi connectivity index (χ0n) is 18.7. The number of halogens is 1. The highest BCUT2D eigenvalue weighted by atomic mass is 19.1. The Morgan fingerprint density at radius 1 is 0.970 bits per heavy atom. The van der Waals surface area contributed by atoms with Gasteiger partial charge in [0.25, 0.3) is 5.91 Å². The van der Waals surface area contributed by atoms with Crippen LogP contribution < -0.4 is 4.90 Å². The SMILES string of the molecule is O=C(c1ccc(F)cc1)N1CCCC(c2nc(N3CCCCC3)ncc2-c2cccnc2)C1. The monoisotopic (exact) mass is 445 g/mol. The Balaban J connectivity index is 1.46. The van der Waals surface area contributed by atoms with Crippen molar-refractivity contribution in [3.63, 3.8) is 0 Å². The molecule has 7 heteroatoms. The molecule has 0 radical (unpaired) electrons.